The Morgan fingerprint density at radius 2 is 1.83 bits per heavy atom. The van der Waals surface area contributed by atoms with Gasteiger partial charge in [0, 0.05) is 31.9 Å². The van der Waals surface area contributed by atoms with Crippen molar-refractivity contribution in [3.63, 3.8) is 0 Å². The number of carbonyl (C=O) groups excluding carboxylic acids is 2. The van der Waals surface area contributed by atoms with Gasteiger partial charge in [-0.2, -0.15) is 4.72 Å². The summed E-state index contributed by atoms with van der Waals surface area (Å²) in [4.78, 5) is 27.9. The van der Waals surface area contributed by atoms with Crippen molar-refractivity contribution in [2.75, 3.05) is 51.3 Å². The SMILES string of the molecule is Cc1ccc(S(=O)(=O)N[C@@H](Cc2ccc(NC(=S)NCCN3CCOCC3)cc2)C(=O)OC(=O)[C@@H]2CCCN2)cc1. The summed E-state index contributed by atoms with van der Waals surface area (Å²) in [7, 11) is -4.06. The molecule has 0 aromatic heterocycles. The largest absolute Gasteiger partial charge is 0.391 e. The first kappa shape index (κ1) is 31.0. The Kier molecular flexibility index (Phi) is 11.2. The van der Waals surface area contributed by atoms with E-state index in [2.05, 4.69) is 25.6 Å². The maximum Gasteiger partial charge on any atom is 0.332 e. The minimum atomic E-state index is -4.06. The number of anilines is 1. The summed E-state index contributed by atoms with van der Waals surface area (Å²) in [6, 6.07) is 11.5. The molecule has 0 unspecified atom stereocenters. The van der Waals surface area contributed by atoms with Crippen molar-refractivity contribution in [1.82, 2.24) is 20.3 Å². The molecule has 41 heavy (non-hydrogen) atoms. The van der Waals surface area contributed by atoms with Crippen LogP contribution in [0, 0.1) is 6.92 Å². The van der Waals surface area contributed by atoms with Gasteiger partial charge in [0.1, 0.15) is 12.1 Å². The van der Waals surface area contributed by atoms with Crippen LogP contribution in [0.4, 0.5) is 5.69 Å². The lowest BCUT2D eigenvalue weighted by Gasteiger charge is -2.26. The molecule has 0 amide bonds. The average Bonchev–Trinajstić information content (AvgIpc) is 3.50. The second kappa shape index (κ2) is 14.8. The molecule has 0 saturated carbocycles. The molecule has 11 nitrogen and oxygen atoms in total. The highest BCUT2D eigenvalue weighted by atomic mass is 32.2. The van der Waals surface area contributed by atoms with Gasteiger partial charge in [0.2, 0.25) is 10.0 Å². The zero-order chi connectivity index (χ0) is 29.2. The predicted octanol–water partition coefficient (Wildman–Crippen LogP) is 1.33. The van der Waals surface area contributed by atoms with Crippen LogP contribution < -0.4 is 20.7 Å². The Hall–Kier alpha value is -2.94. The molecule has 2 aromatic carbocycles. The Morgan fingerprint density at radius 1 is 1.12 bits per heavy atom. The topological polar surface area (TPSA) is 138 Å². The van der Waals surface area contributed by atoms with Crippen LogP contribution in [0.3, 0.4) is 0 Å². The Bertz CT molecular complexity index is 1290. The summed E-state index contributed by atoms with van der Waals surface area (Å²) >= 11 is 5.40. The van der Waals surface area contributed by atoms with E-state index in [0.717, 1.165) is 50.5 Å². The van der Waals surface area contributed by atoms with Crippen LogP contribution in [-0.4, -0.2) is 88.4 Å². The normalized spacial score (nSPS) is 18.4. The van der Waals surface area contributed by atoms with Gasteiger partial charge in [0.25, 0.3) is 0 Å². The zero-order valence-corrected chi connectivity index (χ0v) is 24.7. The van der Waals surface area contributed by atoms with Crippen molar-refractivity contribution < 1.29 is 27.5 Å². The molecule has 0 aliphatic carbocycles. The maximum atomic E-state index is 13.1. The molecule has 2 fully saturated rings. The van der Waals surface area contributed by atoms with Crippen molar-refractivity contribution in [2.24, 2.45) is 0 Å². The number of esters is 2. The van der Waals surface area contributed by atoms with E-state index in [-0.39, 0.29) is 11.3 Å². The first-order valence-corrected chi connectivity index (χ1v) is 15.6. The molecule has 0 radical (unpaired) electrons. The second-order valence-corrected chi connectivity index (χ2v) is 12.2. The summed E-state index contributed by atoms with van der Waals surface area (Å²) in [5.41, 5.74) is 2.30. The number of thiocarbonyl (C=S) groups is 1. The van der Waals surface area contributed by atoms with Gasteiger partial charge < -0.3 is 25.4 Å². The highest BCUT2D eigenvalue weighted by Crippen LogP contribution is 2.16. The van der Waals surface area contributed by atoms with Crippen molar-refractivity contribution in [3.05, 3.63) is 59.7 Å². The number of benzene rings is 2. The van der Waals surface area contributed by atoms with E-state index in [1.54, 1.807) is 36.4 Å². The van der Waals surface area contributed by atoms with E-state index in [4.69, 9.17) is 21.7 Å². The first-order chi connectivity index (χ1) is 19.7. The van der Waals surface area contributed by atoms with Crippen LogP contribution in [0.1, 0.15) is 24.0 Å². The molecule has 2 aromatic rings. The molecule has 4 N–H and O–H groups in total. The highest BCUT2D eigenvalue weighted by Gasteiger charge is 2.32. The number of sulfonamides is 1. The van der Waals surface area contributed by atoms with Gasteiger partial charge in [-0.15, -0.1) is 0 Å². The number of rotatable bonds is 11. The second-order valence-electron chi connectivity index (χ2n) is 10.1. The minimum Gasteiger partial charge on any atom is -0.391 e. The van der Waals surface area contributed by atoms with Gasteiger partial charge in [-0.1, -0.05) is 29.8 Å². The van der Waals surface area contributed by atoms with E-state index in [9.17, 15) is 18.0 Å². The zero-order valence-electron chi connectivity index (χ0n) is 23.1. The number of nitrogens with zero attached hydrogens (tertiary/aromatic N) is 1. The summed E-state index contributed by atoms with van der Waals surface area (Å²) in [6.45, 7) is 7.37. The molecule has 0 spiro atoms. The molecule has 2 aliphatic heterocycles. The number of hydrogen-bond acceptors (Lipinski definition) is 9. The number of aryl methyl sites for hydroxylation is 1. The van der Waals surface area contributed by atoms with Gasteiger partial charge in [-0.05, 0) is 74.8 Å². The van der Waals surface area contributed by atoms with Crippen molar-refractivity contribution in [3.8, 4) is 0 Å². The Labute approximate surface area is 246 Å². The van der Waals surface area contributed by atoms with Crippen molar-refractivity contribution >= 4 is 45.0 Å². The van der Waals surface area contributed by atoms with Crippen LogP contribution in [-0.2, 0) is 35.5 Å². The lowest BCUT2D eigenvalue weighted by atomic mass is 10.1. The van der Waals surface area contributed by atoms with E-state index in [1.807, 2.05) is 6.92 Å². The lowest BCUT2D eigenvalue weighted by molar-refractivity contribution is -0.162. The number of ether oxygens (including phenoxy) is 2. The van der Waals surface area contributed by atoms with Crippen LogP contribution in [0.5, 0.6) is 0 Å². The molecule has 4 rings (SSSR count). The van der Waals surface area contributed by atoms with Crippen molar-refractivity contribution in [2.45, 2.75) is 43.2 Å². The molecule has 0 bridgehead atoms. The molecule has 2 saturated heterocycles. The minimum absolute atomic E-state index is 0.0128. The summed E-state index contributed by atoms with van der Waals surface area (Å²) in [6.07, 6.45) is 1.34. The summed E-state index contributed by atoms with van der Waals surface area (Å²) in [5.74, 6) is -1.66. The number of hydrogen-bond donors (Lipinski definition) is 4. The summed E-state index contributed by atoms with van der Waals surface area (Å²) in [5, 5.41) is 9.79. The molecule has 2 heterocycles. The average molecular weight is 604 g/mol. The summed E-state index contributed by atoms with van der Waals surface area (Å²) < 4.78 is 39.1. The fraction of sp³-hybridized carbons (Fsp3) is 0.464. The van der Waals surface area contributed by atoms with E-state index in [0.29, 0.717) is 30.2 Å². The van der Waals surface area contributed by atoms with Gasteiger partial charge in [0.05, 0.1) is 18.1 Å². The third-order valence-electron chi connectivity index (χ3n) is 6.93. The fourth-order valence-electron chi connectivity index (χ4n) is 4.56. The molecule has 222 valence electrons. The third-order valence-corrected chi connectivity index (χ3v) is 8.66. The van der Waals surface area contributed by atoms with E-state index in [1.165, 1.54) is 12.1 Å². The standard InChI is InChI=1S/C28H37N5O6S2/c1-20-4-10-23(11-5-20)41(36,37)32-25(27(35)39-26(34)24-3-2-12-29-24)19-21-6-8-22(9-7-21)31-28(40)30-13-14-33-15-17-38-18-16-33/h4-11,24-25,29,32H,2-3,12-19H2,1H3,(H2,30,31,40)/t24-,25-/m0/s1. The van der Waals surface area contributed by atoms with Crippen LogP contribution in [0.15, 0.2) is 53.4 Å². The van der Waals surface area contributed by atoms with E-state index < -0.39 is 34.0 Å². The molecule has 2 aliphatic rings. The molecular weight excluding hydrogens is 566 g/mol. The van der Waals surface area contributed by atoms with Crippen LogP contribution in [0.25, 0.3) is 0 Å². The maximum absolute atomic E-state index is 13.1. The number of morpholine rings is 1. The van der Waals surface area contributed by atoms with Gasteiger partial charge >= 0.3 is 11.9 Å². The quantitative estimate of drug-likeness (QED) is 0.168. The Morgan fingerprint density at radius 3 is 2.49 bits per heavy atom. The van der Waals surface area contributed by atoms with Gasteiger partial charge in [0.15, 0.2) is 5.11 Å². The van der Waals surface area contributed by atoms with Crippen molar-refractivity contribution in [1.29, 1.82) is 0 Å². The third kappa shape index (κ3) is 9.55. The lowest BCUT2D eigenvalue weighted by Crippen LogP contribution is -2.45. The molecule has 2 atom stereocenters. The Balaban J connectivity index is 1.37. The predicted molar refractivity (Wildman–Crippen MR) is 159 cm³/mol. The first-order valence-electron chi connectivity index (χ1n) is 13.7. The number of carbonyl (C=O) groups is 2. The smallest absolute Gasteiger partial charge is 0.332 e. The molecule has 13 heteroatoms. The fourth-order valence-corrected chi connectivity index (χ4v) is 5.96. The van der Waals surface area contributed by atoms with Gasteiger partial charge in [-0.25, -0.2) is 18.0 Å². The molecular formula is C28H37N5O6S2. The monoisotopic (exact) mass is 603 g/mol. The van der Waals surface area contributed by atoms with Gasteiger partial charge in [-0.3, -0.25) is 4.90 Å². The highest BCUT2D eigenvalue weighted by molar-refractivity contribution is 7.89. The van der Waals surface area contributed by atoms with E-state index >= 15 is 0 Å². The van der Waals surface area contributed by atoms with Crippen LogP contribution >= 0.6 is 12.2 Å². The number of nitrogens with one attached hydrogen (secondary N) is 4. The van der Waals surface area contributed by atoms with Crippen LogP contribution in [0.2, 0.25) is 0 Å².